The van der Waals surface area contributed by atoms with Crippen LogP contribution in [0.15, 0.2) is 72.8 Å². The van der Waals surface area contributed by atoms with Gasteiger partial charge in [-0.1, -0.05) is 29.8 Å². The van der Waals surface area contributed by atoms with Crippen molar-refractivity contribution in [1.82, 2.24) is 19.8 Å². The Labute approximate surface area is 264 Å². The van der Waals surface area contributed by atoms with Crippen LogP contribution in [0, 0.1) is 12.7 Å². The standard InChI is InChI=1S/C33H37FN6O3.H2S/c1-21-8-14-26(15-9-21)36-30-29(23-10-12-24(34)13-11-23)38-28-20-39(16-17-40(28)30)31(41)27(37-32(42)43-33(2,3)4)19-22-6-5-7-25(35)18-22;/h5-15,18,27,36H,16-17,19-20,35H2,1-4H3,(H,37,42);1H2/t27-;/m0./s1. The first kappa shape index (κ1) is 32.4. The van der Waals surface area contributed by atoms with E-state index < -0.39 is 17.7 Å². The van der Waals surface area contributed by atoms with E-state index in [9.17, 15) is 14.0 Å². The van der Waals surface area contributed by atoms with Crippen LogP contribution in [-0.4, -0.2) is 44.6 Å². The second kappa shape index (κ2) is 13.4. The van der Waals surface area contributed by atoms with Gasteiger partial charge in [0.05, 0.1) is 6.54 Å². The molecule has 0 bridgehead atoms. The van der Waals surface area contributed by atoms with Crippen molar-refractivity contribution in [2.75, 3.05) is 17.6 Å². The van der Waals surface area contributed by atoms with Crippen molar-refractivity contribution in [3.05, 3.63) is 95.6 Å². The van der Waals surface area contributed by atoms with Crippen LogP contribution in [0.1, 0.15) is 37.7 Å². The molecule has 232 valence electrons. The molecule has 0 unspecified atom stereocenters. The molecule has 9 nitrogen and oxygen atoms in total. The number of aromatic nitrogens is 2. The fourth-order valence-electron chi connectivity index (χ4n) is 5.05. The predicted octanol–water partition coefficient (Wildman–Crippen LogP) is 5.91. The number of benzene rings is 3. The summed E-state index contributed by atoms with van der Waals surface area (Å²) in [5.74, 6) is 0.856. The number of hydrogen-bond donors (Lipinski definition) is 3. The van der Waals surface area contributed by atoms with Gasteiger partial charge in [0.1, 0.15) is 34.8 Å². The summed E-state index contributed by atoms with van der Waals surface area (Å²) in [6.45, 7) is 8.44. The minimum Gasteiger partial charge on any atom is -0.444 e. The number of amides is 2. The molecule has 4 N–H and O–H groups in total. The first-order valence-corrected chi connectivity index (χ1v) is 14.3. The quantitative estimate of drug-likeness (QED) is 0.222. The number of carbonyl (C=O) groups excluding carboxylic acids is 2. The van der Waals surface area contributed by atoms with Crippen molar-refractivity contribution in [2.45, 2.75) is 58.8 Å². The largest absolute Gasteiger partial charge is 0.444 e. The zero-order valence-corrected chi connectivity index (χ0v) is 26.4. The number of nitrogens with zero attached hydrogens (tertiary/aromatic N) is 3. The monoisotopic (exact) mass is 618 g/mol. The highest BCUT2D eigenvalue weighted by Crippen LogP contribution is 2.33. The van der Waals surface area contributed by atoms with Gasteiger partial charge in [0, 0.05) is 36.4 Å². The second-order valence-electron chi connectivity index (χ2n) is 11.8. The summed E-state index contributed by atoms with van der Waals surface area (Å²) < 4.78 is 21.3. The van der Waals surface area contributed by atoms with Gasteiger partial charge in [-0.25, -0.2) is 14.2 Å². The number of ether oxygens (including phenoxy) is 1. The zero-order valence-electron chi connectivity index (χ0n) is 25.4. The molecule has 0 fully saturated rings. The first-order valence-electron chi connectivity index (χ1n) is 14.3. The fourth-order valence-corrected chi connectivity index (χ4v) is 5.05. The zero-order chi connectivity index (χ0) is 30.7. The van der Waals surface area contributed by atoms with Crippen LogP contribution in [0.2, 0.25) is 0 Å². The molecule has 0 aliphatic carbocycles. The van der Waals surface area contributed by atoms with Gasteiger partial charge in [0.2, 0.25) is 5.91 Å². The molecule has 1 aromatic heterocycles. The summed E-state index contributed by atoms with van der Waals surface area (Å²) in [7, 11) is 0. The number of nitrogen functional groups attached to an aromatic ring is 1. The highest BCUT2D eigenvalue weighted by Gasteiger charge is 2.32. The highest BCUT2D eigenvalue weighted by molar-refractivity contribution is 7.59. The van der Waals surface area contributed by atoms with Crippen molar-refractivity contribution < 1.29 is 18.7 Å². The van der Waals surface area contributed by atoms with E-state index in [0.717, 1.165) is 28.2 Å². The Balaban J connectivity index is 0.00000442. The van der Waals surface area contributed by atoms with Gasteiger partial charge in [-0.3, -0.25) is 4.79 Å². The second-order valence-corrected chi connectivity index (χ2v) is 11.8. The van der Waals surface area contributed by atoms with Crippen LogP contribution in [0.4, 0.5) is 26.4 Å². The number of halogens is 1. The molecule has 1 atom stereocenters. The number of nitrogens with two attached hydrogens (primary N) is 1. The third kappa shape index (κ3) is 7.90. The summed E-state index contributed by atoms with van der Waals surface area (Å²) in [5.41, 5.74) is 10.1. The molecule has 1 aliphatic rings. The van der Waals surface area contributed by atoms with Crippen LogP contribution >= 0.6 is 13.5 Å². The molecule has 44 heavy (non-hydrogen) atoms. The number of imidazole rings is 1. The van der Waals surface area contributed by atoms with E-state index in [4.69, 9.17) is 15.5 Å². The van der Waals surface area contributed by atoms with Gasteiger partial charge in [0.25, 0.3) is 0 Å². The molecule has 1 aliphatic heterocycles. The lowest BCUT2D eigenvalue weighted by Gasteiger charge is -2.32. The van der Waals surface area contributed by atoms with Gasteiger partial charge in [0.15, 0.2) is 0 Å². The molecule has 2 heterocycles. The fraction of sp³-hybridized carbons (Fsp3) is 0.303. The van der Waals surface area contributed by atoms with Gasteiger partial charge < -0.3 is 30.6 Å². The Morgan fingerprint density at radius 3 is 2.41 bits per heavy atom. The maximum Gasteiger partial charge on any atom is 0.408 e. The maximum atomic E-state index is 14.0. The molecule has 2 amide bonds. The van der Waals surface area contributed by atoms with E-state index >= 15 is 0 Å². The average Bonchev–Trinajstić information content (AvgIpc) is 3.30. The van der Waals surface area contributed by atoms with E-state index in [1.54, 1.807) is 49.9 Å². The predicted molar refractivity (Wildman–Crippen MR) is 176 cm³/mol. The van der Waals surface area contributed by atoms with Gasteiger partial charge >= 0.3 is 6.09 Å². The molecular weight excluding hydrogens is 579 g/mol. The number of carbonyl (C=O) groups is 2. The van der Waals surface area contributed by atoms with Gasteiger partial charge in [-0.15, -0.1) is 0 Å². The van der Waals surface area contributed by atoms with Crippen molar-refractivity contribution in [2.24, 2.45) is 0 Å². The van der Waals surface area contributed by atoms with Crippen LogP contribution in [0.5, 0.6) is 0 Å². The lowest BCUT2D eigenvalue weighted by molar-refractivity contribution is -0.135. The van der Waals surface area contributed by atoms with Crippen LogP contribution in [0.25, 0.3) is 11.3 Å². The number of hydrogen-bond acceptors (Lipinski definition) is 6. The number of nitrogens with one attached hydrogen (secondary N) is 2. The van der Waals surface area contributed by atoms with Crippen molar-refractivity contribution in [3.8, 4) is 11.3 Å². The molecule has 3 aromatic carbocycles. The maximum absolute atomic E-state index is 14.0. The van der Waals surface area contributed by atoms with Gasteiger partial charge in [-0.2, -0.15) is 13.5 Å². The lowest BCUT2D eigenvalue weighted by atomic mass is 10.0. The highest BCUT2D eigenvalue weighted by atomic mass is 32.1. The molecule has 0 spiro atoms. The minimum absolute atomic E-state index is 0. The third-order valence-electron chi connectivity index (χ3n) is 7.10. The smallest absolute Gasteiger partial charge is 0.408 e. The number of rotatable bonds is 7. The molecule has 5 rings (SSSR count). The van der Waals surface area contributed by atoms with Crippen molar-refractivity contribution in [3.63, 3.8) is 0 Å². The van der Waals surface area contributed by atoms with E-state index in [1.165, 1.54) is 12.1 Å². The third-order valence-corrected chi connectivity index (χ3v) is 7.10. The Hall–Kier alpha value is -4.51. The molecular formula is C33H39FN6O3S. The number of fused-ring (bicyclic) bond motifs is 1. The van der Waals surface area contributed by atoms with E-state index in [1.807, 2.05) is 43.3 Å². The molecule has 4 aromatic rings. The molecule has 11 heteroatoms. The van der Waals surface area contributed by atoms with Crippen molar-refractivity contribution in [1.29, 1.82) is 0 Å². The van der Waals surface area contributed by atoms with E-state index in [0.29, 0.717) is 30.3 Å². The summed E-state index contributed by atoms with van der Waals surface area (Å²) in [6.07, 6.45) is -0.425. The van der Waals surface area contributed by atoms with E-state index in [-0.39, 0.29) is 38.2 Å². The van der Waals surface area contributed by atoms with E-state index in [2.05, 4.69) is 15.2 Å². The Morgan fingerprint density at radius 1 is 1.05 bits per heavy atom. The van der Waals surface area contributed by atoms with Crippen LogP contribution < -0.4 is 16.4 Å². The first-order chi connectivity index (χ1) is 20.4. The number of alkyl carbamates (subject to hydrolysis) is 1. The number of anilines is 3. The molecule has 0 saturated carbocycles. The Bertz CT molecular complexity index is 1620. The van der Waals surface area contributed by atoms with Crippen LogP contribution in [0.3, 0.4) is 0 Å². The lowest BCUT2D eigenvalue weighted by Crippen LogP contribution is -2.52. The Kier molecular flexibility index (Phi) is 9.88. The van der Waals surface area contributed by atoms with Crippen LogP contribution in [-0.2, 0) is 29.0 Å². The summed E-state index contributed by atoms with van der Waals surface area (Å²) >= 11 is 0. The molecule has 0 saturated heterocycles. The number of aryl methyl sites for hydroxylation is 1. The summed E-state index contributed by atoms with van der Waals surface area (Å²) in [4.78, 5) is 33.3. The Morgan fingerprint density at radius 2 is 1.75 bits per heavy atom. The van der Waals surface area contributed by atoms with Crippen molar-refractivity contribution >= 4 is 42.7 Å². The average molecular weight is 619 g/mol. The SMILES string of the molecule is Cc1ccc(Nc2c(-c3ccc(F)cc3)nc3n2CCN(C(=O)[C@H](Cc2cccc(N)c2)NC(=O)OC(C)(C)C)C3)cc1.S. The normalized spacial score (nSPS) is 13.3. The minimum atomic E-state index is -0.875. The summed E-state index contributed by atoms with van der Waals surface area (Å²) in [6, 6.07) is 20.6. The summed E-state index contributed by atoms with van der Waals surface area (Å²) in [5, 5.41) is 6.27. The molecule has 0 radical (unpaired) electrons. The topological polar surface area (TPSA) is 115 Å². The van der Waals surface area contributed by atoms with Gasteiger partial charge in [-0.05, 0) is 81.8 Å².